The molecule has 2 aliphatic heterocycles. The van der Waals surface area contributed by atoms with Gasteiger partial charge in [0.2, 0.25) is 11.6 Å². The maximum absolute atomic E-state index is 12.7. The third-order valence-corrected chi connectivity index (χ3v) is 14.0. The van der Waals surface area contributed by atoms with Crippen molar-refractivity contribution in [1.29, 1.82) is 0 Å². The summed E-state index contributed by atoms with van der Waals surface area (Å²) < 4.78 is 71.5. The Balaban J connectivity index is 1.26. The van der Waals surface area contributed by atoms with Crippen LogP contribution in [0.25, 0.3) is 10.4 Å². The first kappa shape index (κ1) is 51.1. The van der Waals surface area contributed by atoms with E-state index in [4.69, 9.17) is 5.53 Å². The summed E-state index contributed by atoms with van der Waals surface area (Å²) in [6, 6.07) is 11.3. The van der Waals surface area contributed by atoms with E-state index in [0.29, 0.717) is 52.0 Å². The Labute approximate surface area is 384 Å². The van der Waals surface area contributed by atoms with Gasteiger partial charge < -0.3 is 15.5 Å². The molecule has 1 unspecified atom stereocenters. The van der Waals surface area contributed by atoms with Gasteiger partial charge in [0.15, 0.2) is 5.71 Å². The molecule has 0 fully saturated rings. The van der Waals surface area contributed by atoms with Crippen LogP contribution in [0.2, 0.25) is 0 Å². The Morgan fingerprint density at radius 1 is 0.954 bits per heavy atom. The zero-order chi connectivity index (χ0) is 47.3. The minimum atomic E-state index is -4.49. The summed E-state index contributed by atoms with van der Waals surface area (Å²) >= 11 is 0. The van der Waals surface area contributed by atoms with Crippen molar-refractivity contribution in [3.8, 4) is 0 Å². The fourth-order valence-corrected chi connectivity index (χ4v) is 9.97. The van der Waals surface area contributed by atoms with Crippen LogP contribution >= 0.6 is 0 Å². The SMILES string of the molecule is CCCCN1/C(=C/C=C/C2=[N+](CCCCCC(=O)NCCCn3cc(CNCCCN=[N+]=[N-])nn3)c3ccc(C)cc3C2(C)C)C(C)(CCCCS(=O)(=O)O)c2cc(S(=O)(=O)O)ccc21. The lowest BCUT2D eigenvalue weighted by atomic mass is 9.77. The average molecular weight is 936 g/mol. The second-order valence-corrected chi connectivity index (χ2v) is 20.8. The normalized spacial score (nSPS) is 17.5. The van der Waals surface area contributed by atoms with Crippen LogP contribution in [0.5, 0.6) is 0 Å². The van der Waals surface area contributed by atoms with Crippen LogP contribution in [0.4, 0.5) is 11.4 Å². The van der Waals surface area contributed by atoms with E-state index >= 15 is 0 Å². The van der Waals surface area contributed by atoms with Crippen LogP contribution < -0.4 is 15.5 Å². The first-order valence-electron chi connectivity index (χ1n) is 22.8. The molecule has 5 rings (SSSR count). The molecular formula is C46H67N10O7S2+. The van der Waals surface area contributed by atoms with Crippen molar-refractivity contribution in [2.24, 2.45) is 5.11 Å². The van der Waals surface area contributed by atoms with Crippen LogP contribution in [-0.4, -0.2) is 95.6 Å². The van der Waals surface area contributed by atoms with Crippen molar-refractivity contribution in [3.63, 3.8) is 0 Å². The standard InChI is InChI=1S/C46H66N10O7S2/c1-6-7-28-56-41-22-20-37(65(61,62)63)32-39(41)46(5,23-10-12-30-64(58,59)60)43(56)17-13-16-42-45(3,4)38-31-35(2)19-21-40(38)55(42)29-11-8-9-18-44(57)49-25-15-27-54-34-36(51-53-54)33-48-24-14-26-50-52-47/h13,16-17,19-22,31-32,34,48H,6-12,14-15,18,23-30,33H2,1-5H3,(H2-,49,57,58,59,60,61,62,63)/p+1. The Morgan fingerprint density at radius 3 is 2.49 bits per heavy atom. The third kappa shape index (κ3) is 13.8. The minimum Gasteiger partial charge on any atom is -0.356 e. The van der Waals surface area contributed by atoms with Gasteiger partial charge in [0.05, 0.1) is 21.8 Å². The van der Waals surface area contributed by atoms with Crippen LogP contribution in [0, 0.1) is 6.92 Å². The molecule has 354 valence electrons. The highest BCUT2D eigenvalue weighted by Crippen LogP contribution is 2.51. The molecule has 19 heteroatoms. The predicted octanol–water partition coefficient (Wildman–Crippen LogP) is 7.84. The number of fused-ring (bicyclic) bond motifs is 2. The number of hydrogen-bond acceptors (Lipinski definition) is 10. The molecule has 2 aliphatic rings. The van der Waals surface area contributed by atoms with Crippen molar-refractivity contribution in [2.75, 3.05) is 43.4 Å². The van der Waals surface area contributed by atoms with Gasteiger partial charge in [0.25, 0.3) is 20.2 Å². The molecule has 0 radical (unpaired) electrons. The van der Waals surface area contributed by atoms with E-state index in [1.807, 2.05) is 13.1 Å². The van der Waals surface area contributed by atoms with E-state index in [1.165, 1.54) is 23.3 Å². The van der Waals surface area contributed by atoms with Crippen molar-refractivity contribution in [1.82, 2.24) is 25.6 Å². The number of nitrogens with zero attached hydrogens (tertiary/aromatic N) is 8. The van der Waals surface area contributed by atoms with Gasteiger partial charge in [-0.1, -0.05) is 47.8 Å². The number of hydrogen-bond donors (Lipinski definition) is 4. The molecular weight excluding hydrogens is 869 g/mol. The van der Waals surface area contributed by atoms with E-state index in [9.17, 15) is 30.7 Å². The second kappa shape index (κ2) is 23.0. The highest BCUT2D eigenvalue weighted by Gasteiger charge is 2.45. The number of benzene rings is 2. The van der Waals surface area contributed by atoms with Gasteiger partial charge in [0.1, 0.15) is 6.54 Å². The fraction of sp³-hybridized carbons (Fsp3) is 0.565. The molecule has 3 heterocycles. The molecule has 4 N–H and O–H groups in total. The number of rotatable bonds is 27. The van der Waals surface area contributed by atoms with Crippen molar-refractivity contribution < 1.29 is 35.3 Å². The molecule has 2 aromatic carbocycles. The lowest BCUT2D eigenvalue weighted by molar-refractivity contribution is -0.438. The number of azide groups is 1. The lowest BCUT2D eigenvalue weighted by Gasteiger charge is -2.30. The first-order valence-corrected chi connectivity index (χ1v) is 25.8. The average Bonchev–Trinajstić information content (AvgIpc) is 3.86. The number of allylic oxidation sites excluding steroid dienone is 4. The fourth-order valence-electron chi connectivity index (χ4n) is 8.89. The zero-order valence-corrected chi connectivity index (χ0v) is 40.2. The summed E-state index contributed by atoms with van der Waals surface area (Å²) in [6.07, 6.45) is 15.6. The number of aryl methyl sites for hydroxylation is 2. The van der Waals surface area contributed by atoms with Gasteiger partial charge in [-0.2, -0.15) is 21.4 Å². The summed E-state index contributed by atoms with van der Waals surface area (Å²) in [4.78, 5) is 17.5. The molecule has 0 aliphatic carbocycles. The predicted molar refractivity (Wildman–Crippen MR) is 254 cm³/mol. The van der Waals surface area contributed by atoms with E-state index in [0.717, 1.165) is 92.1 Å². The topological polar surface area (TPSA) is 236 Å². The quantitative estimate of drug-likeness (QED) is 0.0143. The number of carbonyl (C=O) groups excluding carboxylic acids is 1. The molecule has 17 nitrogen and oxygen atoms in total. The molecule has 1 atom stereocenters. The van der Waals surface area contributed by atoms with Crippen molar-refractivity contribution >= 4 is 43.2 Å². The Hall–Kier alpha value is -4.91. The molecule has 0 saturated heterocycles. The first-order chi connectivity index (χ1) is 30.9. The second-order valence-electron chi connectivity index (χ2n) is 17.8. The largest absolute Gasteiger partial charge is 0.356 e. The Kier molecular flexibility index (Phi) is 18.1. The summed E-state index contributed by atoms with van der Waals surface area (Å²) in [7, 11) is -8.63. The number of aromatic nitrogens is 3. The van der Waals surface area contributed by atoms with Gasteiger partial charge in [-0.3, -0.25) is 18.6 Å². The Morgan fingerprint density at radius 2 is 1.75 bits per heavy atom. The highest BCUT2D eigenvalue weighted by atomic mass is 32.2. The molecule has 3 aromatic rings. The van der Waals surface area contributed by atoms with Crippen LogP contribution in [0.1, 0.15) is 121 Å². The number of amides is 1. The number of anilines is 1. The van der Waals surface area contributed by atoms with Crippen LogP contribution in [-0.2, 0) is 49.0 Å². The minimum absolute atomic E-state index is 0.0299. The third-order valence-electron chi connectivity index (χ3n) is 12.4. The molecule has 1 aromatic heterocycles. The molecule has 0 spiro atoms. The van der Waals surface area contributed by atoms with E-state index in [2.05, 4.69) is 105 Å². The van der Waals surface area contributed by atoms with Gasteiger partial charge in [-0.05, 0) is 121 Å². The van der Waals surface area contributed by atoms with Gasteiger partial charge in [-0.15, -0.1) is 5.10 Å². The van der Waals surface area contributed by atoms with E-state index in [-0.39, 0.29) is 28.4 Å². The van der Waals surface area contributed by atoms with Crippen molar-refractivity contribution in [2.45, 2.75) is 134 Å². The van der Waals surface area contributed by atoms with Crippen molar-refractivity contribution in [3.05, 3.63) is 99.3 Å². The Bertz CT molecular complexity index is 2510. The zero-order valence-electron chi connectivity index (χ0n) is 38.5. The molecule has 0 bridgehead atoms. The lowest BCUT2D eigenvalue weighted by Crippen LogP contribution is -2.30. The summed E-state index contributed by atoms with van der Waals surface area (Å²) in [5, 5.41) is 18.2. The van der Waals surface area contributed by atoms with Crippen LogP contribution in [0.3, 0.4) is 0 Å². The van der Waals surface area contributed by atoms with Gasteiger partial charge in [-0.25, -0.2) is 0 Å². The number of nitrogens with one attached hydrogen (secondary N) is 2. The molecule has 0 saturated carbocycles. The monoisotopic (exact) mass is 935 g/mol. The number of carbonyl (C=O) groups is 1. The summed E-state index contributed by atoms with van der Waals surface area (Å²) in [5.41, 5.74) is 15.4. The molecule has 1 amide bonds. The van der Waals surface area contributed by atoms with Crippen LogP contribution in [0.15, 0.2) is 76.5 Å². The number of unbranched alkanes of at least 4 members (excludes halogenated alkanes) is 4. The van der Waals surface area contributed by atoms with E-state index < -0.39 is 25.7 Å². The highest BCUT2D eigenvalue weighted by molar-refractivity contribution is 7.86. The summed E-state index contributed by atoms with van der Waals surface area (Å²) in [6.45, 7) is 15.1. The van der Waals surface area contributed by atoms with Gasteiger partial charge in [0, 0.05) is 91.2 Å². The van der Waals surface area contributed by atoms with E-state index in [1.54, 1.807) is 10.7 Å². The van der Waals surface area contributed by atoms with Gasteiger partial charge >= 0.3 is 0 Å². The summed E-state index contributed by atoms with van der Waals surface area (Å²) in [5.74, 6) is -0.338. The maximum Gasteiger partial charge on any atom is 0.294 e. The smallest absolute Gasteiger partial charge is 0.294 e. The maximum atomic E-state index is 12.7. The molecule has 65 heavy (non-hydrogen) atoms.